The smallest absolute Gasteiger partial charge is 0.0509 e. The van der Waals surface area contributed by atoms with E-state index in [-0.39, 0.29) is 0 Å². The second-order valence-corrected chi connectivity index (χ2v) is 5.84. The number of halogens is 1. The number of benzene rings is 1. The zero-order valence-electron chi connectivity index (χ0n) is 7.59. The molecule has 1 saturated carbocycles. The van der Waals surface area contributed by atoms with Gasteiger partial charge in [0.2, 0.25) is 0 Å². The maximum atomic E-state index is 3.93. The largest absolute Gasteiger partial charge is 0.0801 e. The van der Waals surface area contributed by atoms with E-state index in [9.17, 15) is 0 Å². The Kier molecular flexibility index (Phi) is 1.61. The van der Waals surface area contributed by atoms with Crippen LogP contribution in [0.5, 0.6) is 0 Å². The van der Waals surface area contributed by atoms with Crippen LogP contribution in [-0.4, -0.2) is 0 Å². The molecule has 3 aliphatic carbocycles. The van der Waals surface area contributed by atoms with Crippen LogP contribution in [0.15, 0.2) is 24.3 Å². The molecule has 0 radical (unpaired) electrons. The van der Waals surface area contributed by atoms with Crippen LogP contribution in [-0.2, 0) is 4.32 Å². The summed E-state index contributed by atoms with van der Waals surface area (Å²) in [4.78, 5) is 0. The molecule has 0 aromatic heterocycles. The van der Waals surface area contributed by atoms with E-state index in [0.29, 0.717) is 4.32 Å². The number of rotatable bonds is 0. The van der Waals surface area contributed by atoms with E-state index >= 15 is 0 Å². The molecule has 1 heteroatoms. The van der Waals surface area contributed by atoms with Crippen molar-refractivity contribution >= 4 is 15.9 Å². The molecule has 68 valence electrons. The third-order valence-corrected chi connectivity index (χ3v) is 4.88. The minimum Gasteiger partial charge on any atom is -0.0801 e. The van der Waals surface area contributed by atoms with Gasteiger partial charge in [0.05, 0.1) is 4.32 Å². The average molecular weight is 237 g/mol. The van der Waals surface area contributed by atoms with Crippen LogP contribution in [0.4, 0.5) is 0 Å². The lowest BCUT2D eigenvalue weighted by Crippen LogP contribution is -2.32. The molecule has 0 unspecified atom stereocenters. The van der Waals surface area contributed by atoms with Gasteiger partial charge >= 0.3 is 0 Å². The van der Waals surface area contributed by atoms with Crippen LogP contribution in [0.2, 0.25) is 0 Å². The molecule has 0 amide bonds. The molecule has 0 atom stereocenters. The van der Waals surface area contributed by atoms with Crippen LogP contribution in [0.1, 0.15) is 42.7 Å². The third-order valence-electron chi connectivity index (χ3n) is 3.66. The summed E-state index contributed by atoms with van der Waals surface area (Å²) in [5.41, 5.74) is 3.18. The Balaban J connectivity index is 2.24. The highest BCUT2D eigenvalue weighted by molar-refractivity contribution is 9.09. The Morgan fingerprint density at radius 2 is 1.85 bits per heavy atom. The fourth-order valence-electron chi connectivity index (χ4n) is 2.92. The molecular weight excluding hydrogens is 224 g/mol. The van der Waals surface area contributed by atoms with E-state index in [1.165, 1.54) is 25.7 Å². The van der Waals surface area contributed by atoms with Crippen molar-refractivity contribution in [2.24, 2.45) is 0 Å². The lowest BCUT2D eigenvalue weighted by Gasteiger charge is -2.44. The predicted octanol–water partition coefficient (Wildman–Crippen LogP) is 3.95. The van der Waals surface area contributed by atoms with Gasteiger partial charge in [0.15, 0.2) is 0 Å². The second-order valence-electron chi connectivity index (χ2n) is 4.33. The van der Waals surface area contributed by atoms with Crippen LogP contribution in [0.3, 0.4) is 0 Å². The van der Waals surface area contributed by atoms with E-state index < -0.39 is 0 Å². The molecule has 0 heterocycles. The van der Waals surface area contributed by atoms with Gasteiger partial charge in [-0.3, -0.25) is 0 Å². The van der Waals surface area contributed by atoms with Gasteiger partial charge in [-0.1, -0.05) is 40.2 Å². The molecule has 13 heavy (non-hydrogen) atoms. The van der Waals surface area contributed by atoms with Crippen molar-refractivity contribution in [1.29, 1.82) is 0 Å². The predicted molar refractivity (Wildman–Crippen MR) is 58.3 cm³/mol. The Bertz CT molecular complexity index is 335. The molecule has 0 aliphatic heterocycles. The van der Waals surface area contributed by atoms with Crippen molar-refractivity contribution in [3.63, 3.8) is 0 Å². The maximum Gasteiger partial charge on any atom is 0.0509 e. The van der Waals surface area contributed by atoms with E-state index in [2.05, 4.69) is 40.2 Å². The number of hydrogen-bond acceptors (Lipinski definition) is 0. The monoisotopic (exact) mass is 236 g/mol. The van der Waals surface area contributed by atoms with Crippen LogP contribution >= 0.6 is 15.9 Å². The topological polar surface area (TPSA) is 0 Å². The van der Waals surface area contributed by atoms with Crippen molar-refractivity contribution < 1.29 is 0 Å². The quantitative estimate of drug-likeness (QED) is 0.599. The lowest BCUT2D eigenvalue weighted by atomic mass is 9.67. The van der Waals surface area contributed by atoms with Crippen molar-refractivity contribution in [1.82, 2.24) is 0 Å². The van der Waals surface area contributed by atoms with Crippen LogP contribution < -0.4 is 0 Å². The molecule has 1 fully saturated rings. The zero-order valence-corrected chi connectivity index (χ0v) is 9.18. The molecule has 1 aromatic carbocycles. The molecule has 4 rings (SSSR count). The average Bonchev–Trinajstić information content (AvgIpc) is 2.19. The minimum absolute atomic E-state index is 0.332. The Labute approximate surface area is 87.5 Å². The summed E-state index contributed by atoms with van der Waals surface area (Å²) in [6.07, 6.45) is 5.41. The minimum atomic E-state index is 0.332. The summed E-state index contributed by atoms with van der Waals surface area (Å²) < 4.78 is 0.332. The third kappa shape index (κ3) is 1.03. The first-order valence-electron chi connectivity index (χ1n) is 5.08. The second kappa shape index (κ2) is 2.60. The standard InChI is InChI=1S/C12H13Br/c13-12-7-5-9(6-8-12)10-3-1-2-4-11(10)12/h1-4,9H,5-8H2. The van der Waals surface area contributed by atoms with Gasteiger partial charge in [-0.15, -0.1) is 0 Å². The molecule has 0 N–H and O–H groups in total. The van der Waals surface area contributed by atoms with Crippen molar-refractivity contribution in [3.8, 4) is 0 Å². The van der Waals surface area contributed by atoms with Gasteiger partial charge in [0, 0.05) is 0 Å². The summed E-state index contributed by atoms with van der Waals surface area (Å²) >= 11 is 3.93. The first kappa shape index (κ1) is 8.05. The highest BCUT2D eigenvalue weighted by atomic mass is 79.9. The number of fused-ring (bicyclic) bond motifs is 2. The number of alkyl halides is 1. The zero-order chi connectivity index (χ0) is 8.89. The molecule has 0 spiro atoms. The Hall–Kier alpha value is -0.300. The fraction of sp³-hybridized carbons (Fsp3) is 0.500. The molecule has 3 aliphatic rings. The summed E-state index contributed by atoms with van der Waals surface area (Å²) in [5.74, 6) is 0.857. The highest BCUT2D eigenvalue weighted by Gasteiger charge is 2.42. The fourth-order valence-corrected chi connectivity index (χ4v) is 3.74. The maximum absolute atomic E-state index is 3.93. The summed E-state index contributed by atoms with van der Waals surface area (Å²) in [6.45, 7) is 0. The van der Waals surface area contributed by atoms with E-state index in [1.807, 2.05) is 0 Å². The normalized spacial score (nSPS) is 35.9. The van der Waals surface area contributed by atoms with Crippen molar-refractivity contribution in [2.45, 2.75) is 35.9 Å². The van der Waals surface area contributed by atoms with Crippen LogP contribution in [0.25, 0.3) is 0 Å². The van der Waals surface area contributed by atoms with Gasteiger partial charge in [0.1, 0.15) is 0 Å². The molecule has 0 saturated heterocycles. The SMILES string of the molecule is BrC12CCC(CC1)c1ccccc12. The Morgan fingerprint density at radius 3 is 2.54 bits per heavy atom. The molecule has 1 aromatic rings. The summed E-state index contributed by atoms with van der Waals surface area (Å²) in [5, 5.41) is 0. The van der Waals surface area contributed by atoms with E-state index in [0.717, 1.165) is 5.92 Å². The highest BCUT2D eigenvalue weighted by Crippen LogP contribution is 2.56. The van der Waals surface area contributed by atoms with Crippen molar-refractivity contribution in [3.05, 3.63) is 35.4 Å². The lowest BCUT2D eigenvalue weighted by molar-refractivity contribution is 0.335. The van der Waals surface area contributed by atoms with Crippen molar-refractivity contribution in [2.75, 3.05) is 0 Å². The van der Waals surface area contributed by atoms with E-state index in [1.54, 1.807) is 11.1 Å². The molecular formula is C12H13Br. The summed E-state index contributed by atoms with van der Waals surface area (Å²) in [6, 6.07) is 8.96. The first-order valence-corrected chi connectivity index (χ1v) is 5.87. The number of hydrogen-bond donors (Lipinski definition) is 0. The van der Waals surface area contributed by atoms with Gasteiger partial charge < -0.3 is 0 Å². The summed E-state index contributed by atoms with van der Waals surface area (Å²) in [7, 11) is 0. The van der Waals surface area contributed by atoms with Gasteiger partial charge in [-0.25, -0.2) is 0 Å². The Morgan fingerprint density at radius 1 is 1.15 bits per heavy atom. The van der Waals surface area contributed by atoms with Crippen LogP contribution in [0, 0.1) is 0 Å². The van der Waals surface area contributed by atoms with Gasteiger partial charge in [-0.05, 0) is 42.7 Å². The first-order chi connectivity index (χ1) is 6.30. The van der Waals surface area contributed by atoms with Gasteiger partial charge in [-0.2, -0.15) is 0 Å². The molecule has 2 bridgehead atoms. The molecule has 0 nitrogen and oxygen atoms in total. The van der Waals surface area contributed by atoms with Gasteiger partial charge in [0.25, 0.3) is 0 Å². The van der Waals surface area contributed by atoms with E-state index in [4.69, 9.17) is 0 Å².